The molecule has 0 amide bonds. The Bertz CT molecular complexity index is 999. The summed E-state index contributed by atoms with van der Waals surface area (Å²) in [7, 11) is 0. The van der Waals surface area contributed by atoms with Crippen LogP contribution < -0.4 is 5.32 Å². The van der Waals surface area contributed by atoms with E-state index < -0.39 is 0 Å². The van der Waals surface area contributed by atoms with Crippen LogP contribution >= 0.6 is 22.6 Å². The summed E-state index contributed by atoms with van der Waals surface area (Å²) in [4.78, 5) is 0. The summed E-state index contributed by atoms with van der Waals surface area (Å²) in [5.41, 5.74) is 5.59. The van der Waals surface area contributed by atoms with Crippen LogP contribution in [0, 0.1) is 16.4 Å². The first-order valence-corrected chi connectivity index (χ1v) is 10.0. The van der Waals surface area contributed by atoms with Gasteiger partial charge in [-0.25, -0.2) is 0 Å². The van der Waals surface area contributed by atoms with Crippen LogP contribution in [0.2, 0.25) is 0 Å². The van der Waals surface area contributed by atoms with Gasteiger partial charge in [0.2, 0.25) is 0 Å². The van der Waals surface area contributed by atoms with E-state index in [0.29, 0.717) is 17.9 Å². The molecule has 0 bridgehead atoms. The summed E-state index contributed by atoms with van der Waals surface area (Å²) in [6.45, 7) is 2.23. The number of allylic oxidation sites excluding steroid dienone is 2. The van der Waals surface area contributed by atoms with Crippen molar-refractivity contribution < 1.29 is 0 Å². The topological polar surface area (TPSA) is 12.0 Å². The zero-order chi connectivity index (χ0) is 17.0. The van der Waals surface area contributed by atoms with E-state index in [0.717, 1.165) is 6.42 Å². The van der Waals surface area contributed by atoms with Crippen molar-refractivity contribution in [1.82, 2.24) is 0 Å². The minimum atomic E-state index is 0.359. The summed E-state index contributed by atoms with van der Waals surface area (Å²) in [5.74, 6) is 1.12. The van der Waals surface area contributed by atoms with Crippen molar-refractivity contribution >= 4 is 39.1 Å². The zero-order valence-electron chi connectivity index (χ0n) is 14.2. The maximum absolute atomic E-state index is 3.93. The van der Waals surface area contributed by atoms with Crippen LogP contribution in [0.4, 0.5) is 5.69 Å². The highest BCUT2D eigenvalue weighted by molar-refractivity contribution is 14.1. The minimum Gasteiger partial charge on any atom is -0.377 e. The number of aryl methyl sites for hydroxylation is 1. The molecule has 0 saturated heterocycles. The number of anilines is 1. The van der Waals surface area contributed by atoms with Gasteiger partial charge in [0.05, 0.1) is 6.04 Å². The lowest BCUT2D eigenvalue weighted by molar-refractivity contribution is 0.427. The Hall–Kier alpha value is -1.81. The fraction of sp³-hybridized carbons (Fsp3) is 0.217. The predicted octanol–water partition coefficient (Wildman–Crippen LogP) is 6.58. The average molecular weight is 437 g/mol. The first-order valence-electron chi connectivity index (χ1n) is 8.93. The van der Waals surface area contributed by atoms with Crippen LogP contribution in [0.5, 0.6) is 0 Å². The first-order chi connectivity index (χ1) is 12.2. The van der Waals surface area contributed by atoms with E-state index >= 15 is 0 Å². The van der Waals surface area contributed by atoms with Crippen LogP contribution in [0.1, 0.15) is 35.1 Å². The van der Waals surface area contributed by atoms with E-state index in [4.69, 9.17) is 0 Å². The van der Waals surface area contributed by atoms with Gasteiger partial charge in [0.1, 0.15) is 0 Å². The second-order valence-electron chi connectivity index (χ2n) is 7.23. The van der Waals surface area contributed by atoms with Gasteiger partial charge in [0.25, 0.3) is 0 Å². The van der Waals surface area contributed by atoms with Crippen LogP contribution in [-0.2, 0) is 0 Å². The van der Waals surface area contributed by atoms with Crippen LogP contribution in [0.3, 0.4) is 0 Å². The van der Waals surface area contributed by atoms with Gasteiger partial charge in [-0.3, -0.25) is 0 Å². The van der Waals surface area contributed by atoms with Gasteiger partial charge in [-0.2, -0.15) is 0 Å². The molecule has 124 valence electrons. The van der Waals surface area contributed by atoms with E-state index in [1.165, 1.54) is 36.7 Å². The Balaban J connectivity index is 1.70. The van der Waals surface area contributed by atoms with Gasteiger partial charge in [-0.05, 0) is 81.4 Å². The highest BCUT2D eigenvalue weighted by Crippen LogP contribution is 2.51. The maximum atomic E-state index is 3.93. The Labute approximate surface area is 162 Å². The van der Waals surface area contributed by atoms with Crippen LogP contribution in [0.15, 0.2) is 66.7 Å². The standard InChI is InChI=1S/C23H20IN/c1-14-12-16(24)13-21-18-9-5-11-20(18)23(25-22(14)21)19-10-4-7-15-6-2-3-8-17(15)19/h2-10,12-13,18,20,23,25H,11H2,1H3/t18-,20-,23+/m0/s1. The summed E-state index contributed by atoms with van der Waals surface area (Å²) < 4.78 is 1.33. The van der Waals surface area contributed by atoms with E-state index in [1.807, 2.05) is 0 Å². The molecule has 1 nitrogen and oxygen atoms in total. The fourth-order valence-electron chi connectivity index (χ4n) is 4.67. The smallest absolute Gasteiger partial charge is 0.0560 e. The third-order valence-electron chi connectivity index (χ3n) is 5.79. The van der Waals surface area contributed by atoms with Gasteiger partial charge < -0.3 is 5.32 Å². The summed E-state index contributed by atoms with van der Waals surface area (Å²) in [6, 6.07) is 20.5. The molecule has 5 rings (SSSR count). The van der Waals surface area contributed by atoms with E-state index in [-0.39, 0.29) is 0 Å². The number of benzene rings is 3. The number of rotatable bonds is 1. The van der Waals surface area contributed by atoms with Crippen molar-refractivity contribution in [2.75, 3.05) is 5.32 Å². The number of hydrogen-bond acceptors (Lipinski definition) is 1. The zero-order valence-corrected chi connectivity index (χ0v) is 16.3. The SMILES string of the molecule is Cc1cc(I)cc2c1N[C@H](c1cccc3ccccc13)[C@H]1CC=C[C@H]21. The Kier molecular flexibility index (Phi) is 3.63. The van der Waals surface area contributed by atoms with Crippen molar-refractivity contribution in [3.05, 3.63) is 87.0 Å². The third kappa shape index (κ3) is 2.42. The molecular weight excluding hydrogens is 417 g/mol. The second kappa shape index (κ2) is 5.87. The Morgan fingerprint density at radius 1 is 1.00 bits per heavy atom. The number of halogens is 1. The summed E-state index contributed by atoms with van der Waals surface area (Å²) in [6.07, 6.45) is 5.95. The molecule has 0 saturated carbocycles. The van der Waals surface area contributed by atoms with Gasteiger partial charge in [0.15, 0.2) is 0 Å². The molecule has 3 atom stereocenters. The average Bonchev–Trinajstić information content (AvgIpc) is 3.11. The Morgan fingerprint density at radius 3 is 2.76 bits per heavy atom. The molecule has 0 aromatic heterocycles. The molecule has 1 N–H and O–H groups in total. The molecule has 2 aliphatic rings. The van der Waals surface area contributed by atoms with Gasteiger partial charge in [-0.15, -0.1) is 0 Å². The number of hydrogen-bond donors (Lipinski definition) is 1. The highest BCUT2D eigenvalue weighted by atomic mass is 127. The molecule has 0 fully saturated rings. The molecule has 1 aliphatic heterocycles. The lowest BCUT2D eigenvalue weighted by atomic mass is 9.75. The molecule has 2 heteroatoms. The van der Waals surface area contributed by atoms with E-state index in [9.17, 15) is 0 Å². The van der Waals surface area contributed by atoms with Gasteiger partial charge in [0, 0.05) is 15.2 Å². The van der Waals surface area contributed by atoms with Crippen LogP contribution in [-0.4, -0.2) is 0 Å². The quantitative estimate of drug-likeness (QED) is 0.335. The van der Waals surface area contributed by atoms with E-state index in [2.05, 4.69) is 102 Å². The normalized spacial score (nSPS) is 24.0. The molecule has 3 aromatic carbocycles. The van der Waals surface area contributed by atoms with Crippen molar-refractivity contribution in [3.63, 3.8) is 0 Å². The Morgan fingerprint density at radius 2 is 1.84 bits per heavy atom. The van der Waals surface area contributed by atoms with E-state index in [1.54, 1.807) is 0 Å². The second-order valence-corrected chi connectivity index (χ2v) is 8.48. The first kappa shape index (κ1) is 15.4. The van der Waals surface area contributed by atoms with Gasteiger partial charge in [-0.1, -0.05) is 54.6 Å². The third-order valence-corrected chi connectivity index (χ3v) is 6.41. The van der Waals surface area contributed by atoms with Crippen molar-refractivity contribution in [2.45, 2.75) is 25.3 Å². The molecule has 0 spiro atoms. The molecule has 1 aliphatic carbocycles. The number of fused-ring (bicyclic) bond motifs is 4. The molecule has 1 heterocycles. The van der Waals surface area contributed by atoms with Gasteiger partial charge >= 0.3 is 0 Å². The largest absolute Gasteiger partial charge is 0.377 e. The fourth-order valence-corrected chi connectivity index (χ4v) is 5.47. The predicted molar refractivity (Wildman–Crippen MR) is 114 cm³/mol. The molecule has 0 radical (unpaired) electrons. The molecular formula is C23H20IN. The monoisotopic (exact) mass is 437 g/mol. The van der Waals surface area contributed by atoms with Crippen molar-refractivity contribution in [3.8, 4) is 0 Å². The highest BCUT2D eigenvalue weighted by Gasteiger charge is 2.38. The lowest BCUT2D eigenvalue weighted by Crippen LogP contribution is -2.29. The molecule has 0 unspecified atom stereocenters. The van der Waals surface area contributed by atoms with Crippen molar-refractivity contribution in [2.24, 2.45) is 5.92 Å². The molecule has 25 heavy (non-hydrogen) atoms. The lowest BCUT2D eigenvalue weighted by Gasteiger charge is -2.39. The minimum absolute atomic E-state index is 0.359. The summed E-state index contributed by atoms with van der Waals surface area (Å²) in [5, 5.41) is 6.63. The van der Waals surface area contributed by atoms with Crippen LogP contribution in [0.25, 0.3) is 10.8 Å². The maximum Gasteiger partial charge on any atom is 0.0560 e. The van der Waals surface area contributed by atoms with Crippen molar-refractivity contribution in [1.29, 1.82) is 0 Å². The summed E-state index contributed by atoms with van der Waals surface area (Å²) >= 11 is 2.44. The number of nitrogens with one attached hydrogen (secondary N) is 1. The molecule has 3 aromatic rings.